The van der Waals surface area contributed by atoms with Crippen LogP contribution in [0.25, 0.3) is 10.8 Å². The highest BCUT2D eigenvalue weighted by Crippen LogP contribution is 2.29. The van der Waals surface area contributed by atoms with Crippen LogP contribution >= 0.6 is 0 Å². The number of rotatable bonds is 9. The molecule has 0 fully saturated rings. The first-order valence-electron chi connectivity index (χ1n) is 11.4. The monoisotopic (exact) mass is 479 g/mol. The number of hydrogen-bond donors (Lipinski definition) is 1. The molecule has 0 unspecified atom stereocenters. The molecule has 4 rings (SSSR count). The van der Waals surface area contributed by atoms with E-state index in [0.717, 1.165) is 16.3 Å². The van der Waals surface area contributed by atoms with E-state index in [2.05, 4.69) is 16.6 Å². The second-order valence-corrected chi connectivity index (χ2v) is 7.80. The highest BCUT2D eigenvalue weighted by atomic mass is 16.5. The van der Waals surface area contributed by atoms with Gasteiger partial charge in [-0.25, -0.2) is 5.43 Å². The Balaban J connectivity index is 1.47. The number of carbonyl (C=O) groups is 1. The Morgan fingerprint density at radius 3 is 2.44 bits per heavy atom. The summed E-state index contributed by atoms with van der Waals surface area (Å²) in [6, 6.07) is 26.2. The van der Waals surface area contributed by atoms with Crippen molar-refractivity contribution in [1.82, 2.24) is 5.43 Å². The minimum absolute atomic E-state index is 0.237. The summed E-state index contributed by atoms with van der Waals surface area (Å²) in [6.07, 6.45) is 1.53. The Morgan fingerprint density at radius 1 is 0.944 bits per heavy atom. The molecule has 7 nitrogen and oxygen atoms in total. The summed E-state index contributed by atoms with van der Waals surface area (Å²) in [5.74, 6) is 1.18. The smallest absolute Gasteiger partial charge is 0.275 e. The molecule has 36 heavy (non-hydrogen) atoms. The molecule has 0 radical (unpaired) electrons. The van der Waals surface area contributed by atoms with Gasteiger partial charge in [-0.15, -0.1) is 0 Å². The van der Waals surface area contributed by atoms with E-state index in [-0.39, 0.29) is 12.5 Å². The quantitative estimate of drug-likeness (QED) is 0.254. The fourth-order valence-electron chi connectivity index (χ4n) is 3.69. The molecule has 0 spiro atoms. The third-order valence-corrected chi connectivity index (χ3v) is 5.48. The van der Waals surface area contributed by atoms with Crippen LogP contribution in [-0.2, 0) is 6.61 Å². The molecule has 7 heteroatoms. The molecule has 0 aliphatic carbocycles. The predicted octanol–water partition coefficient (Wildman–Crippen LogP) is 5.46. The van der Waals surface area contributed by atoms with Gasteiger partial charge in [-0.1, -0.05) is 42.5 Å². The van der Waals surface area contributed by atoms with Crippen LogP contribution in [0.5, 0.6) is 17.2 Å². The van der Waals surface area contributed by atoms with E-state index in [1.54, 1.807) is 30.3 Å². The summed E-state index contributed by atoms with van der Waals surface area (Å²) in [4.78, 5) is 12.8. The molecule has 0 saturated carbocycles. The minimum Gasteiger partial charge on any atom is -0.496 e. The average Bonchev–Trinajstić information content (AvgIpc) is 2.92. The number of fused-ring (bicyclic) bond motifs is 1. The van der Waals surface area contributed by atoms with Crippen LogP contribution in [0.1, 0.15) is 34.0 Å². The number of hydrazone groups is 1. The minimum atomic E-state index is -0.380. The normalized spacial score (nSPS) is 10.7. The molecular formula is C29H25N3O4. The van der Waals surface area contributed by atoms with Crippen molar-refractivity contribution in [2.75, 3.05) is 13.7 Å². The average molecular weight is 480 g/mol. The van der Waals surface area contributed by atoms with Crippen LogP contribution in [0.4, 0.5) is 0 Å². The number of hydrogen-bond acceptors (Lipinski definition) is 6. The van der Waals surface area contributed by atoms with Gasteiger partial charge >= 0.3 is 0 Å². The highest BCUT2D eigenvalue weighted by Gasteiger charge is 2.13. The number of nitrogens with zero attached hydrogens (tertiary/aromatic N) is 2. The topological polar surface area (TPSA) is 92.9 Å². The lowest BCUT2D eigenvalue weighted by Crippen LogP contribution is -2.18. The van der Waals surface area contributed by atoms with E-state index in [4.69, 9.17) is 14.2 Å². The largest absolute Gasteiger partial charge is 0.496 e. The fraction of sp³-hybridized carbons (Fsp3) is 0.138. The van der Waals surface area contributed by atoms with E-state index < -0.39 is 0 Å². The first kappa shape index (κ1) is 24.3. The summed E-state index contributed by atoms with van der Waals surface area (Å²) in [6.45, 7) is 2.57. The number of nitriles is 1. The second kappa shape index (κ2) is 11.5. The van der Waals surface area contributed by atoms with Crippen molar-refractivity contribution in [1.29, 1.82) is 5.26 Å². The number of methoxy groups -OCH3 is 1. The zero-order valence-corrected chi connectivity index (χ0v) is 20.0. The maximum Gasteiger partial charge on any atom is 0.275 e. The first-order chi connectivity index (χ1) is 17.6. The Labute approximate surface area is 209 Å². The van der Waals surface area contributed by atoms with Crippen LogP contribution in [0.15, 0.2) is 84.0 Å². The van der Waals surface area contributed by atoms with Crippen molar-refractivity contribution in [3.63, 3.8) is 0 Å². The van der Waals surface area contributed by atoms with Gasteiger partial charge in [0.1, 0.15) is 12.4 Å². The van der Waals surface area contributed by atoms with Gasteiger partial charge in [0.05, 0.1) is 37.1 Å². The van der Waals surface area contributed by atoms with E-state index >= 15 is 0 Å². The first-order valence-corrected chi connectivity index (χ1v) is 11.4. The molecule has 0 aromatic heterocycles. The number of nitrogens with one attached hydrogen (secondary N) is 1. The van der Waals surface area contributed by atoms with Crippen molar-refractivity contribution < 1.29 is 19.0 Å². The number of benzene rings is 4. The Kier molecular flexibility index (Phi) is 7.79. The Morgan fingerprint density at radius 2 is 1.69 bits per heavy atom. The van der Waals surface area contributed by atoms with Crippen molar-refractivity contribution in [2.24, 2.45) is 5.10 Å². The van der Waals surface area contributed by atoms with Crippen molar-refractivity contribution in [3.05, 3.63) is 101 Å². The SMILES string of the molecule is CCOc1cc(/C=N\NC(=O)c2cc3ccccc3cc2OC)ccc1OCc1ccccc1C#N. The number of amides is 1. The maximum atomic E-state index is 12.8. The molecular weight excluding hydrogens is 454 g/mol. The van der Waals surface area contributed by atoms with E-state index in [9.17, 15) is 10.1 Å². The van der Waals surface area contributed by atoms with Gasteiger partial charge in [-0.05, 0) is 59.7 Å². The van der Waals surface area contributed by atoms with Gasteiger partial charge in [-0.2, -0.15) is 10.4 Å². The van der Waals surface area contributed by atoms with Gasteiger partial charge in [0.15, 0.2) is 11.5 Å². The molecule has 4 aromatic carbocycles. The van der Waals surface area contributed by atoms with Gasteiger partial charge in [0, 0.05) is 5.56 Å². The summed E-state index contributed by atoms with van der Waals surface area (Å²) in [5.41, 5.74) is 5.03. The number of carbonyl (C=O) groups excluding carboxylic acids is 1. The van der Waals surface area contributed by atoms with Crippen molar-refractivity contribution >= 4 is 22.9 Å². The molecule has 0 bridgehead atoms. The Bertz CT molecular complexity index is 1460. The second-order valence-electron chi connectivity index (χ2n) is 7.80. The van der Waals surface area contributed by atoms with Crippen LogP contribution in [0.2, 0.25) is 0 Å². The van der Waals surface area contributed by atoms with E-state index in [0.29, 0.717) is 40.5 Å². The van der Waals surface area contributed by atoms with Gasteiger partial charge in [0.2, 0.25) is 0 Å². The molecule has 1 amide bonds. The molecule has 0 aliphatic heterocycles. The number of ether oxygens (including phenoxy) is 3. The van der Waals surface area contributed by atoms with E-state index in [1.165, 1.54) is 13.3 Å². The predicted molar refractivity (Wildman–Crippen MR) is 139 cm³/mol. The summed E-state index contributed by atoms with van der Waals surface area (Å²) in [7, 11) is 1.53. The summed E-state index contributed by atoms with van der Waals surface area (Å²) >= 11 is 0. The summed E-state index contributed by atoms with van der Waals surface area (Å²) in [5, 5.41) is 15.3. The van der Waals surface area contributed by atoms with Crippen LogP contribution < -0.4 is 19.6 Å². The maximum absolute atomic E-state index is 12.8. The van der Waals surface area contributed by atoms with E-state index in [1.807, 2.05) is 55.5 Å². The Hall–Kier alpha value is -4.83. The van der Waals surface area contributed by atoms with Gasteiger partial charge < -0.3 is 14.2 Å². The lowest BCUT2D eigenvalue weighted by molar-refractivity contribution is 0.0952. The third kappa shape index (κ3) is 5.62. The summed E-state index contributed by atoms with van der Waals surface area (Å²) < 4.78 is 17.1. The van der Waals surface area contributed by atoms with Gasteiger partial charge in [-0.3, -0.25) is 4.79 Å². The van der Waals surface area contributed by atoms with Crippen LogP contribution in [0, 0.1) is 11.3 Å². The molecule has 1 N–H and O–H groups in total. The lowest BCUT2D eigenvalue weighted by atomic mass is 10.1. The van der Waals surface area contributed by atoms with Crippen molar-refractivity contribution in [3.8, 4) is 23.3 Å². The molecule has 0 aliphatic rings. The lowest BCUT2D eigenvalue weighted by Gasteiger charge is -2.13. The highest BCUT2D eigenvalue weighted by molar-refractivity contribution is 6.02. The van der Waals surface area contributed by atoms with Gasteiger partial charge in [0.25, 0.3) is 5.91 Å². The zero-order valence-electron chi connectivity index (χ0n) is 20.0. The molecule has 0 heterocycles. The molecule has 180 valence electrons. The molecule has 0 atom stereocenters. The van der Waals surface area contributed by atoms with Crippen LogP contribution in [-0.4, -0.2) is 25.8 Å². The van der Waals surface area contributed by atoms with Crippen molar-refractivity contribution in [2.45, 2.75) is 13.5 Å². The molecule has 0 saturated heterocycles. The third-order valence-electron chi connectivity index (χ3n) is 5.48. The fourth-order valence-corrected chi connectivity index (χ4v) is 3.69. The standard InChI is InChI=1S/C29H25N3O4/c1-3-35-28-14-20(12-13-26(28)36-19-24-11-7-6-10-23(24)17-30)18-31-32-29(33)25-15-21-8-4-5-9-22(21)16-27(25)34-2/h4-16,18H,3,19H2,1-2H3,(H,32,33)/b31-18-. The molecule has 4 aromatic rings. The zero-order chi connectivity index (χ0) is 25.3. The van der Waals surface area contributed by atoms with Crippen LogP contribution in [0.3, 0.4) is 0 Å².